The lowest BCUT2D eigenvalue weighted by molar-refractivity contribution is 1.09. The van der Waals surface area contributed by atoms with E-state index in [2.05, 4.69) is 188 Å². The lowest BCUT2D eigenvalue weighted by atomic mass is 9.92. The predicted octanol–water partition coefficient (Wildman–Crippen LogP) is 18.9. The van der Waals surface area contributed by atoms with Gasteiger partial charge in [0.2, 0.25) is 0 Å². The van der Waals surface area contributed by atoms with E-state index in [9.17, 15) is 0 Å². The van der Waals surface area contributed by atoms with Crippen LogP contribution in [-0.2, 0) is 0 Å². The van der Waals surface area contributed by atoms with Crippen molar-refractivity contribution in [3.63, 3.8) is 0 Å². The Morgan fingerprint density at radius 1 is 0.371 bits per heavy atom. The summed E-state index contributed by atoms with van der Waals surface area (Å²) in [7, 11) is 0. The van der Waals surface area contributed by atoms with Gasteiger partial charge in [0.1, 0.15) is 0 Å². The van der Waals surface area contributed by atoms with E-state index in [1.54, 1.807) is 0 Å². The van der Waals surface area contributed by atoms with Crippen molar-refractivity contribution < 1.29 is 0 Å². The Balaban J connectivity index is 0.754. The van der Waals surface area contributed by atoms with Gasteiger partial charge >= 0.3 is 0 Å². The minimum atomic E-state index is 0.477. The van der Waals surface area contributed by atoms with Gasteiger partial charge in [-0.1, -0.05) is 109 Å². The van der Waals surface area contributed by atoms with Gasteiger partial charge in [0.05, 0.1) is 9.40 Å². The van der Waals surface area contributed by atoms with Crippen LogP contribution < -0.4 is 0 Å². The SMILES string of the molecule is C1=C(c2ccc(-c3ccc(-c4ccc5sc6c(ccc7c8cc(-c9ccccc9)ccc8sc76)c5c4)s3)s2)C=C2c3ccc4c(sc5ccc(-c6ccccc6)cc54)c3SC2C1. The summed E-state index contributed by atoms with van der Waals surface area (Å²) in [5.74, 6) is 0. The first-order chi connectivity index (χ1) is 30.7. The van der Waals surface area contributed by atoms with Gasteiger partial charge in [-0.05, 0) is 118 Å². The maximum absolute atomic E-state index is 2.49. The highest BCUT2D eigenvalue weighted by molar-refractivity contribution is 8.01. The Bertz CT molecular complexity index is 3860. The third kappa shape index (κ3) is 5.61. The molecule has 12 aromatic rings. The van der Waals surface area contributed by atoms with Gasteiger partial charge in [-0.2, -0.15) is 0 Å². The summed E-state index contributed by atoms with van der Waals surface area (Å²) < 4.78 is 8.31. The van der Waals surface area contributed by atoms with Crippen LogP contribution in [0.5, 0.6) is 0 Å². The van der Waals surface area contributed by atoms with Gasteiger partial charge in [0.25, 0.3) is 0 Å². The lowest BCUT2D eigenvalue weighted by Gasteiger charge is -2.16. The number of benzene rings is 7. The zero-order chi connectivity index (χ0) is 40.5. The number of fused-ring (bicyclic) bond motifs is 14. The van der Waals surface area contributed by atoms with E-state index in [-0.39, 0.29) is 0 Å². The fraction of sp³-hybridized carbons (Fsp3) is 0.0357. The second kappa shape index (κ2) is 14.0. The maximum atomic E-state index is 2.49. The molecule has 0 amide bonds. The summed E-state index contributed by atoms with van der Waals surface area (Å²) in [6.07, 6.45) is 6.03. The molecule has 1 atom stereocenters. The van der Waals surface area contributed by atoms with Gasteiger partial charge in [-0.3, -0.25) is 0 Å². The summed E-state index contributed by atoms with van der Waals surface area (Å²) in [5, 5.41) is 8.66. The van der Waals surface area contributed by atoms with Crippen LogP contribution in [0.3, 0.4) is 0 Å². The minimum absolute atomic E-state index is 0.477. The molecule has 14 rings (SSSR count). The van der Waals surface area contributed by atoms with Gasteiger partial charge in [-0.15, -0.1) is 68.4 Å². The van der Waals surface area contributed by atoms with E-state index in [1.807, 2.05) is 56.7 Å². The van der Waals surface area contributed by atoms with Crippen LogP contribution in [0.4, 0.5) is 0 Å². The van der Waals surface area contributed by atoms with Crippen LogP contribution in [0.25, 0.3) is 114 Å². The Labute approximate surface area is 382 Å². The average Bonchev–Trinajstić information content (AvgIpc) is 4.19. The zero-order valence-corrected chi connectivity index (χ0v) is 37.9. The Kier molecular flexibility index (Phi) is 8.10. The van der Waals surface area contributed by atoms with Crippen molar-refractivity contribution in [3.05, 3.63) is 186 Å². The first-order valence-electron chi connectivity index (χ1n) is 20.9. The molecular formula is C56H32S6. The molecule has 5 aromatic heterocycles. The highest BCUT2D eigenvalue weighted by Crippen LogP contribution is 2.55. The molecule has 0 N–H and O–H groups in total. The molecule has 0 nitrogen and oxygen atoms in total. The molecule has 2 aliphatic rings. The maximum Gasteiger partial charge on any atom is 0.0534 e. The molecule has 1 aliphatic carbocycles. The van der Waals surface area contributed by atoms with Crippen LogP contribution >= 0.6 is 68.4 Å². The summed E-state index contributed by atoms with van der Waals surface area (Å²) >= 11 is 11.7. The van der Waals surface area contributed by atoms with Gasteiger partial charge in [-0.25, -0.2) is 0 Å². The summed E-state index contributed by atoms with van der Waals surface area (Å²) in [6, 6.07) is 61.3. The Morgan fingerprint density at radius 2 is 0.871 bits per heavy atom. The van der Waals surface area contributed by atoms with Crippen LogP contribution in [0.15, 0.2) is 181 Å². The van der Waals surface area contributed by atoms with E-state index in [0.717, 1.165) is 6.42 Å². The molecule has 6 heterocycles. The largest absolute Gasteiger partial charge is 0.134 e. The van der Waals surface area contributed by atoms with E-state index >= 15 is 0 Å². The van der Waals surface area contributed by atoms with Crippen LogP contribution in [0, 0.1) is 0 Å². The van der Waals surface area contributed by atoms with Crippen LogP contribution in [0.2, 0.25) is 0 Å². The lowest BCUT2D eigenvalue weighted by Crippen LogP contribution is -2.03. The number of hydrogen-bond acceptors (Lipinski definition) is 6. The molecule has 292 valence electrons. The first kappa shape index (κ1) is 36.0. The van der Waals surface area contributed by atoms with E-state index < -0.39 is 0 Å². The molecule has 6 heteroatoms. The van der Waals surface area contributed by atoms with E-state index in [4.69, 9.17) is 0 Å². The highest BCUT2D eigenvalue weighted by atomic mass is 32.2. The first-order valence-corrected chi connectivity index (χ1v) is 25.8. The highest BCUT2D eigenvalue weighted by Gasteiger charge is 2.32. The summed E-state index contributed by atoms with van der Waals surface area (Å²) in [4.78, 5) is 6.81. The van der Waals surface area contributed by atoms with Gasteiger partial charge < -0.3 is 0 Å². The molecule has 0 bridgehead atoms. The standard InChI is InChI=1S/C56H32S6/c1-3-7-31(8-4-1)33-11-19-47-41(27-33)37-15-17-39-43-29-35(13-21-49(43)61-55(39)53(37)59-47)45-23-25-51(57-45)52-26-24-46(58-52)36-14-22-50-44(30-36)40-18-16-38-42-28-34(32-9-5-2-6-10-32)12-20-48(42)60-54(38)56(40)62-50/h1-21,23-30,50H,22H2. The fourth-order valence-electron chi connectivity index (χ4n) is 9.61. The fourth-order valence-corrected chi connectivity index (χ4v) is 16.9. The quantitative estimate of drug-likeness (QED) is 0.166. The van der Waals surface area contributed by atoms with Crippen molar-refractivity contribution in [3.8, 4) is 42.4 Å². The van der Waals surface area contributed by atoms with Crippen molar-refractivity contribution >= 4 is 140 Å². The monoisotopic (exact) mass is 896 g/mol. The second-order valence-corrected chi connectivity index (χ2v) is 22.8. The van der Waals surface area contributed by atoms with Crippen LogP contribution in [-0.4, -0.2) is 5.25 Å². The molecule has 0 spiro atoms. The summed E-state index contributed by atoms with van der Waals surface area (Å²) in [5.41, 5.74) is 10.7. The normalized spacial score (nSPS) is 15.0. The van der Waals surface area contributed by atoms with Crippen molar-refractivity contribution in [1.29, 1.82) is 0 Å². The van der Waals surface area contributed by atoms with Crippen LogP contribution in [0.1, 0.15) is 16.9 Å². The average molecular weight is 897 g/mol. The number of rotatable bonds is 5. The molecule has 0 saturated heterocycles. The molecule has 7 aromatic carbocycles. The number of hydrogen-bond donors (Lipinski definition) is 0. The number of thiophene rings is 5. The molecule has 0 saturated carbocycles. The number of allylic oxidation sites excluding steroid dienone is 3. The second-order valence-electron chi connectivity index (χ2n) is 16.2. The van der Waals surface area contributed by atoms with Crippen molar-refractivity contribution in [2.45, 2.75) is 16.6 Å². The Hall–Kier alpha value is -5.57. The topological polar surface area (TPSA) is 0 Å². The Morgan fingerprint density at radius 3 is 1.50 bits per heavy atom. The van der Waals surface area contributed by atoms with E-state index in [0.29, 0.717) is 5.25 Å². The molecular weight excluding hydrogens is 865 g/mol. The number of thioether (sulfide) groups is 1. The predicted molar refractivity (Wildman–Crippen MR) is 279 cm³/mol. The molecule has 0 radical (unpaired) electrons. The molecule has 0 fully saturated rings. The third-order valence-electron chi connectivity index (χ3n) is 12.7. The zero-order valence-electron chi connectivity index (χ0n) is 33.0. The molecule has 62 heavy (non-hydrogen) atoms. The van der Waals surface area contributed by atoms with Gasteiger partial charge in [0.15, 0.2) is 0 Å². The van der Waals surface area contributed by atoms with E-state index in [1.165, 1.54) is 129 Å². The van der Waals surface area contributed by atoms with Gasteiger partial charge in [0, 0.05) is 80.8 Å². The summed E-state index contributed by atoms with van der Waals surface area (Å²) in [6.45, 7) is 0. The minimum Gasteiger partial charge on any atom is -0.134 e. The molecule has 1 aliphatic heterocycles. The van der Waals surface area contributed by atoms with Crippen molar-refractivity contribution in [2.75, 3.05) is 0 Å². The molecule has 1 unspecified atom stereocenters. The smallest absolute Gasteiger partial charge is 0.0534 e. The third-order valence-corrected chi connectivity index (χ3v) is 20.4. The van der Waals surface area contributed by atoms with Crippen molar-refractivity contribution in [2.24, 2.45) is 0 Å². The van der Waals surface area contributed by atoms with Crippen molar-refractivity contribution in [1.82, 2.24) is 0 Å².